The molecule has 110 valence electrons. The first-order valence-corrected chi connectivity index (χ1v) is 8.06. The van der Waals surface area contributed by atoms with Crippen LogP contribution in [0.5, 0.6) is 0 Å². The van der Waals surface area contributed by atoms with Gasteiger partial charge < -0.3 is 9.47 Å². The molecule has 0 radical (unpaired) electrons. The molecular formula is C17H30O2. The van der Waals surface area contributed by atoms with Crippen molar-refractivity contribution in [2.75, 3.05) is 6.61 Å². The van der Waals surface area contributed by atoms with E-state index in [0.717, 1.165) is 12.5 Å². The molecule has 1 saturated heterocycles. The maximum Gasteiger partial charge on any atom is 0.163 e. The molecule has 4 atom stereocenters. The fourth-order valence-corrected chi connectivity index (χ4v) is 5.41. The molecule has 0 aromatic rings. The van der Waals surface area contributed by atoms with E-state index in [9.17, 15) is 0 Å². The number of hydrogen-bond acceptors (Lipinski definition) is 2. The maximum absolute atomic E-state index is 6.24. The third-order valence-electron chi connectivity index (χ3n) is 6.36. The molecule has 2 saturated carbocycles. The van der Waals surface area contributed by atoms with Crippen molar-refractivity contribution in [1.29, 1.82) is 0 Å². The molecule has 0 aromatic carbocycles. The van der Waals surface area contributed by atoms with E-state index in [-0.39, 0.29) is 5.79 Å². The molecular weight excluding hydrogens is 236 g/mol. The van der Waals surface area contributed by atoms with Crippen LogP contribution in [0.25, 0.3) is 0 Å². The molecule has 0 unspecified atom stereocenters. The minimum absolute atomic E-state index is 0.380. The van der Waals surface area contributed by atoms with Crippen LogP contribution < -0.4 is 0 Å². The van der Waals surface area contributed by atoms with E-state index in [1.54, 1.807) is 0 Å². The second kappa shape index (κ2) is 4.21. The van der Waals surface area contributed by atoms with Crippen LogP contribution in [-0.2, 0) is 9.47 Å². The van der Waals surface area contributed by atoms with Gasteiger partial charge >= 0.3 is 0 Å². The molecule has 0 aromatic heterocycles. The van der Waals surface area contributed by atoms with Crippen LogP contribution in [0, 0.1) is 22.7 Å². The van der Waals surface area contributed by atoms with Gasteiger partial charge in [0.1, 0.15) is 0 Å². The fourth-order valence-electron chi connectivity index (χ4n) is 5.41. The maximum atomic E-state index is 6.24. The van der Waals surface area contributed by atoms with E-state index in [1.165, 1.54) is 32.1 Å². The molecule has 0 bridgehead atoms. The average Bonchev–Trinajstić information content (AvgIpc) is 2.25. The molecule has 0 spiro atoms. The van der Waals surface area contributed by atoms with Crippen molar-refractivity contribution < 1.29 is 9.47 Å². The van der Waals surface area contributed by atoms with Gasteiger partial charge in [-0.15, -0.1) is 0 Å². The zero-order valence-electron chi connectivity index (χ0n) is 13.3. The van der Waals surface area contributed by atoms with E-state index in [4.69, 9.17) is 9.47 Å². The van der Waals surface area contributed by atoms with Gasteiger partial charge in [0.05, 0.1) is 12.7 Å². The molecule has 2 heteroatoms. The molecule has 3 fully saturated rings. The van der Waals surface area contributed by atoms with Gasteiger partial charge in [-0.1, -0.05) is 27.2 Å². The van der Waals surface area contributed by atoms with Gasteiger partial charge in [-0.2, -0.15) is 0 Å². The van der Waals surface area contributed by atoms with Crippen LogP contribution in [0.3, 0.4) is 0 Å². The van der Waals surface area contributed by atoms with Gasteiger partial charge in [0.2, 0.25) is 0 Å². The van der Waals surface area contributed by atoms with Crippen molar-refractivity contribution in [2.24, 2.45) is 22.7 Å². The zero-order valence-corrected chi connectivity index (χ0v) is 13.3. The smallest absolute Gasteiger partial charge is 0.163 e. The highest BCUT2D eigenvalue weighted by Gasteiger charge is 2.57. The minimum atomic E-state index is -0.380. The van der Waals surface area contributed by atoms with Gasteiger partial charge in [-0.3, -0.25) is 0 Å². The van der Waals surface area contributed by atoms with Crippen LogP contribution in [0.2, 0.25) is 0 Å². The van der Waals surface area contributed by atoms with Gasteiger partial charge in [-0.05, 0) is 56.3 Å². The average molecular weight is 266 g/mol. The summed E-state index contributed by atoms with van der Waals surface area (Å²) in [5.74, 6) is 1.05. The highest BCUT2D eigenvalue weighted by molar-refractivity contribution is 5.05. The fraction of sp³-hybridized carbons (Fsp3) is 1.00. The van der Waals surface area contributed by atoms with Crippen LogP contribution in [0.1, 0.15) is 66.7 Å². The lowest BCUT2D eigenvalue weighted by atomic mass is 9.48. The summed E-state index contributed by atoms with van der Waals surface area (Å²) in [6.45, 7) is 12.5. The minimum Gasteiger partial charge on any atom is -0.350 e. The van der Waals surface area contributed by atoms with Gasteiger partial charge in [0, 0.05) is 5.92 Å². The SMILES string of the molecule is CC1(C)OC[C@@H]2[C@H](CC[C@H]3C(C)(C)CCC[C@]23C)O1. The molecule has 3 aliphatic rings. The van der Waals surface area contributed by atoms with Crippen molar-refractivity contribution >= 4 is 0 Å². The monoisotopic (exact) mass is 266 g/mol. The predicted octanol–water partition coefficient (Wildman–Crippen LogP) is 4.38. The number of rotatable bonds is 0. The topological polar surface area (TPSA) is 18.5 Å². The first-order valence-electron chi connectivity index (χ1n) is 8.06. The molecule has 2 aliphatic carbocycles. The van der Waals surface area contributed by atoms with Crippen LogP contribution >= 0.6 is 0 Å². The van der Waals surface area contributed by atoms with Crippen molar-refractivity contribution in [3.8, 4) is 0 Å². The summed E-state index contributed by atoms with van der Waals surface area (Å²) in [4.78, 5) is 0. The predicted molar refractivity (Wildman–Crippen MR) is 76.9 cm³/mol. The Kier molecular flexibility index (Phi) is 3.07. The zero-order chi connectivity index (χ0) is 13.9. The summed E-state index contributed by atoms with van der Waals surface area (Å²) in [7, 11) is 0. The van der Waals surface area contributed by atoms with Crippen LogP contribution in [0.4, 0.5) is 0 Å². The lowest BCUT2D eigenvalue weighted by molar-refractivity contribution is -0.325. The molecule has 3 rings (SSSR count). The van der Waals surface area contributed by atoms with Gasteiger partial charge in [0.15, 0.2) is 5.79 Å². The Balaban J connectivity index is 1.87. The largest absolute Gasteiger partial charge is 0.350 e. The number of fused-ring (bicyclic) bond motifs is 3. The highest BCUT2D eigenvalue weighted by atomic mass is 16.7. The van der Waals surface area contributed by atoms with Gasteiger partial charge in [-0.25, -0.2) is 0 Å². The first kappa shape index (κ1) is 13.9. The van der Waals surface area contributed by atoms with E-state index in [1.807, 2.05) is 0 Å². The Morgan fingerprint density at radius 1 is 0.947 bits per heavy atom. The summed E-state index contributed by atoms with van der Waals surface area (Å²) in [6.07, 6.45) is 7.08. The van der Waals surface area contributed by atoms with E-state index < -0.39 is 0 Å². The van der Waals surface area contributed by atoms with Crippen molar-refractivity contribution in [1.82, 2.24) is 0 Å². The van der Waals surface area contributed by atoms with E-state index in [0.29, 0.717) is 22.9 Å². The summed E-state index contributed by atoms with van der Waals surface area (Å²) >= 11 is 0. The molecule has 19 heavy (non-hydrogen) atoms. The van der Waals surface area contributed by atoms with Crippen molar-refractivity contribution in [3.05, 3.63) is 0 Å². The Labute approximate surface area is 118 Å². The lowest BCUT2D eigenvalue weighted by Gasteiger charge is -2.61. The summed E-state index contributed by atoms with van der Waals surface area (Å²) in [5, 5.41) is 0. The van der Waals surface area contributed by atoms with Crippen LogP contribution in [0.15, 0.2) is 0 Å². The third-order valence-corrected chi connectivity index (χ3v) is 6.36. The molecule has 0 N–H and O–H groups in total. The van der Waals surface area contributed by atoms with Crippen molar-refractivity contribution in [3.63, 3.8) is 0 Å². The normalized spacial score (nSPS) is 48.2. The lowest BCUT2D eigenvalue weighted by Crippen LogP contribution is -2.59. The van der Waals surface area contributed by atoms with Crippen molar-refractivity contribution in [2.45, 2.75) is 78.6 Å². The van der Waals surface area contributed by atoms with Crippen LogP contribution in [-0.4, -0.2) is 18.5 Å². The number of ether oxygens (including phenoxy) is 2. The first-order chi connectivity index (χ1) is 8.75. The Morgan fingerprint density at radius 3 is 2.42 bits per heavy atom. The van der Waals surface area contributed by atoms with Gasteiger partial charge in [0.25, 0.3) is 0 Å². The quantitative estimate of drug-likeness (QED) is 0.648. The second-order valence-corrected chi connectivity index (χ2v) is 8.45. The molecule has 2 nitrogen and oxygen atoms in total. The third kappa shape index (κ3) is 2.15. The molecule has 1 heterocycles. The summed E-state index contributed by atoms with van der Waals surface area (Å²) in [5.41, 5.74) is 0.909. The molecule has 0 amide bonds. The Hall–Kier alpha value is -0.0800. The van der Waals surface area contributed by atoms with E-state index >= 15 is 0 Å². The Bertz CT molecular complexity index is 360. The summed E-state index contributed by atoms with van der Waals surface area (Å²) < 4.78 is 12.2. The summed E-state index contributed by atoms with van der Waals surface area (Å²) in [6, 6.07) is 0. The standard InChI is InChI=1S/C17H30O2/c1-15(2)9-6-10-17(5)12-11-18-16(3,4)19-13(12)7-8-14(15)17/h12-14H,6-11H2,1-5H3/t12-,13+,14+,17-/m1/s1. The second-order valence-electron chi connectivity index (χ2n) is 8.45. The van der Waals surface area contributed by atoms with E-state index in [2.05, 4.69) is 34.6 Å². The highest BCUT2D eigenvalue weighted by Crippen LogP contribution is 2.61. The molecule has 1 aliphatic heterocycles. The Morgan fingerprint density at radius 2 is 1.68 bits per heavy atom. The number of hydrogen-bond donors (Lipinski definition) is 0.